The largest absolute Gasteiger partial charge is 0.457 e. The summed E-state index contributed by atoms with van der Waals surface area (Å²) in [5.41, 5.74) is 5.69. The van der Waals surface area contributed by atoms with E-state index in [-0.39, 0.29) is 12.3 Å². The SMILES string of the molecule is NCC(=O)c1ccc(Oc2ccc(Cl)cc2)cc1Cl. The van der Waals surface area contributed by atoms with E-state index in [0.29, 0.717) is 27.1 Å². The molecule has 0 saturated heterocycles. The first-order valence-corrected chi connectivity index (χ1v) is 6.32. The zero-order valence-corrected chi connectivity index (χ0v) is 11.4. The smallest absolute Gasteiger partial charge is 0.177 e. The minimum Gasteiger partial charge on any atom is -0.457 e. The van der Waals surface area contributed by atoms with Gasteiger partial charge >= 0.3 is 0 Å². The van der Waals surface area contributed by atoms with Gasteiger partial charge in [0.05, 0.1) is 11.6 Å². The molecule has 2 aromatic carbocycles. The van der Waals surface area contributed by atoms with Crippen LogP contribution in [-0.4, -0.2) is 12.3 Å². The monoisotopic (exact) mass is 295 g/mol. The molecular weight excluding hydrogens is 285 g/mol. The molecule has 0 spiro atoms. The molecule has 0 bridgehead atoms. The van der Waals surface area contributed by atoms with E-state index in [2.05, 4.69) is 0 Å². The average Bonchev–Trinajstić information content (AvgIpc) is 2.41. The van der Waals surface area contributed by atoms with Gasteiger partial charge in [-0.05, 0) is 36.4 Å². The highest BCUT2D eigenvalue weighted by molar-refractivity contribution is 6.34. The van der Waals surface area contributed by atoms with E-state index < -0.39 is 0 Å². The van der Waals surface area contributed by atoms with E-state index in [1.807, 2.05) is 0 Å². The molecule has 3 nitrogen and oxygen atoms in total. The molecule has 2 rings (SSSR count). The van der Waals surface area contributed by atoms with Crippen LogP contribution in [-0.2, 0) is 0 Å². The highest BCUT2D eigenvalue weighted by atomic mass is 35.5. The van der Waals surface area contributed by atoms with Crippen LogP contribution in [0.15, 0.2) is 42.5 Å². The highest BCUT2D eigenvalue weighted by Crippen LogP contribution is 2.27. The van der Waals surface area contributed by atoms with Crippen LogP contribution in [0.1, 0.15) is 10.4 Å². The summed E-state index contributed by atoms with van der Waals surface area (Å²) in [6, 6.07) is 11.8. The number of hydrogen-bond donors (Lipinski definition) is 1. The zero-order chi connectivity index (χ0) is 13.8. The van der Waals surface area contributed by atoms with Gasteiger partial charge in [-0.3, -0.25) is 4.79 Å². The van der Waals surface area contributed by atoms with Gasteiger partial charge in [-0.25, -0.2) is 0 Å². The summed E-state index contributed by atoms with van der Waals surface area (Å²) in [4.78, 5) is 11.5. The Morgan fingerprint density at radius 2 is 1.68 bits per heavy atom. The van der Waals surface area contributed by atoms with Crippen molar-refractivity contribution >= 4 is 29.0 Å². The van der Waals surface area contributed by atoms with Gasteiger partial charge in [-0.15, -0.1) is 0 Å². The minimum atomic E-state index is -0.206. The van der Waals surface area contributed by atoms with Crippen molar-refractivity contribution < 1.29 is 9.53 Å². The Balaban J connectivity index is 2.20. The Morgan fingerprint density at radius 3 is 2.26 bits per heavy atom. The molecular formula is C14H11Cl2NO2. The average molecular weight is 296 g/mol. The molecule has 0 aromatic heterocycles. The number of rotatable bonds is 4. The lowest BCUT2D eigenvalue weighted by Gasteiger charge is -2.08. The first-order chi connectivity index (χ1) is 9.10. The molecule has 0 fully saturated rings. The fourth-order valence-electron chi connectivity index (χ4n) is 1.53. The molecule has 0 heterocycles. The Hall–Kier alpha value is -1.55. The Morgan fingerprint density at radius 1 is 1.05 bits per heavy atom. The fraction of sp³-hybridized carbons (Fsp3) is 0.0714. The van der Waals surface area contributed by atoms with E-state index >= 15 is 0 Å². The van der Waals surface area contributed by atoms with Crippen molar-refractivity contribution in [1.29, 1.82) is 0 Å². The third kappa shape index (κ3) is 3.47. The molecule has 0 aliphatic carbocycles. The Labute approximate surface area is 120 Å². The summed E-state index contributed by atoms with van der Waals surface area (Å²) in [7, 11) is 0. The number of carbonyl (C=O) groups is 1. The molecule has 19 heavy (non-hydrogen) atoms. The molecule has 0 aliphatic heterocycles. The van der Waals surface area contributed by atoms with Gasteiger partial charge < -0.3 is 10.5 Å². The standard InChI is InChI=1S/C14H11Cl2NO2/c15-9-1-3-10(4-2-9)19-11-5-6-12(13(16)7-11)14(18)8-17/h1-7H,8,17H2. The van der Waals surface area contributed by atoms with Gasteiger partial charge in [0.1, 0.15) is 11.5 Å². The van der Waals surface area contributed by atoms with Gasteiger partial charge in [0, 0.05) is 16.7 Å². The van der Waals surface area contributed by atoms with Crippen LogP contribution in [0.2, 0.25) is 10.0 Å². The maximum absolute atomic E-state index is 11.5. The number of ether oxygens (including phenoxy) is 1. The normalized spacial score (nSPS) is 10.3. The summed E-state index contributed by atoms with van der Waals surface area (Å²) in [6.07, 6.45) is 0. The number of halogens is 2. The van der Waals surface area contributed by atoms with Crippen molar-refractivity contribution in [2.75, 3.05) is 6.54 Å². The van der Waals surface area contributed by atoms with Gasteiger partial charge in [-0.2, -0.15) is 0 Å². The van der Waals surface area contributed by atoms with Gasteiger partial charge in [0.25, 0.3) is 0 Å². The molecule has 5 heteroatoms. The first kappa shape index (κ1) is 13.9. The fourth-order valence-corrected chi connectivity index (χ4v) is 1.94. The van der Waals surface area contributed by atoms with Crippen LogP contribution in [0.25, 0.3) is 0 Å². The van der Waals surface area contributed by atoms with Crippen LogP contribution >= 0.6 is 23.2 Å². The first-order valence-electron chi connectivity index (χ1n) is 5.56. The number of Topliss-reactive ketones (excluding diaryl/α,β-unsaturated/α-hetero) is 1. The van der Waals surface area contributed by atoms with Crippen LogP contribution in [0, 0.1) is 0 Å². The Kier molecular flexibility index (Phi) is 4.43. The number of ketones is 1. The van der Waals surface area contributed by atoms with Crippen LogP contribution < -0.4 is 10.5 Å². The molecule has 98 valence electrons. The number of carbonyl (C=O) groups excluding carboxylic acids is 1. The quantitative estimate of drug-likeness (QED) is 0.870. The van der Waals surface area contributed by atoms with E-state index in [1.54, 1.807) is 42.5 Å². The molecule has 2 N–H and O–H groups in total. The van der Waals surface area contributed by atoms with Crippen LogP contribution in [0.4, 0.5) is 0 Å². The molecule has 0 amide bonds. The predicted octanol–water partition coefficient (Wildman–Crippen LogP) is 3.93. The number of benzene rings is 2. The van der Waals surface area contributed by atoms with E-state index in [1.165, 1.54) is 0 Å². The topological polar surface area (TPSA) is 52.3 Å². The number of nitrogens with two attached hydrogens (primary N) is 1. The van der Waals surface area contributed by atoms with Crippen molar-refractivity contribution in [1.82, 2.24) is 0 Å². The van der Waals surface area contributed by atoms with Crippen molar-refractivity contribution in [3.05, 3.63) is 58.1 Å². The molecule has 0 aliphatic rings. The minimum absolute atomic E-state index is 0.0723. The molecule has 2 aromatic rings. The maximum atomic E-state index is 11.5. The summed E-state index contributed by atoms with van der Waals surface area (Å²) < 4.78 is 5.60. The van der Waals surface area contributed by atoms with Gasteiger partial charge in [0.2, 0.25) is 0 Å². The molecule has 0 saturated carbocycles. The van der Waals surface area contributed by atoms with Crippen molar-refractivity contribution in [3.8, 4) is 11.5 Å². The van der Waals surface area contributed by atoms with Gasteiger partial charge in [-0.1, -0.05) is 23.2 Å². The summed E-state index contributed by atoms with van der Waals surface area (Å²) in [5.74, 6) is 0.974. The Bertz CT molecular complexity index is 597. The molecule has 0 unspecified atom stereocenters. The van der Waals surface area contributed by atoms with E-state index in [4.69, 9.17) is 33.7 Å². The van der Waals surface area contributed by atoms with Crippen molar-refractivity contribution in [3.63, 3.8) is 0 Å². The van der Waals surface area contributed by atoms with Gasteiger partial charge in [0.15, 0.2) is 5.78 Å². The second-order valence-corrected chi connectivity index (χ2v) is 4.67. The summed E-state index contributed by atoms with van der Waals surface area (Å²) in [5, 5.41) is 0.955. The van der Waals surface area contributed by atoms with Crippen LogP contribution in [0.5, 0.6) is 11.5 Å². The third-order valence-corrected chi connectivity index (χ3v) is 3.04. The summed E-state index contributed by atoms with van der Waals surface area (Å²) >= 11 is 11.8. The zero-order valence-electron chi connectivity index (χ0n) is 9.90. The highest BCUT2D eigenvalue weighted by Gasteiger charge is 2.09. The molecule has 0 radical (unpaired) electrons. The summed E-state index contributed by atoms with van der Waals surface area (Å²) in [6.45, 7) is -0.0723. The predicted molar refractivity (Wildman–Crippen MR) is 76.4 cm³/mol. The molecule has 0 atom stereocenters. The number of hydrogen-bond acceptors (Lipinski definition) is 3. The van der Waals surface area contributed by atoms with E-state index in [9.17, 15) is 4.79 Å². The lowest BCUT2D eigenvalue weighted by Crippen LogP contribution is -2.13. The second kappa shape index (κ2) is 6.06. The van der Waals surface area contributed by atoms with E-state index in [0.717, 1.165) is 0 Å². The second-order valence-electron chi connectivity index (χ2n) is 3.82. The van der Waals surface area contributed by atoms with Crippen molar-refractivity contribution in [2.45, 2.75) is 0 Å². The lowest BCUT2D eigenvalue weighted by atomic mass is 10.1. The lowest BCUT2D eigenvalue weighted by molar-refractivity contribution is 0.100. The third-order valence-electron chi connectivity index (χ3n) is 2.48. The van der Waals surface area contributed by atoms with Crippen molar-refractivity contribution in [2.24, 2.45) is 5.73 Å². The van der Waals surface area contributed by atoms with Crippen LogP contribution in [0.3, 0.4) is 0 Å². The maximum Gasteiger partial charge on any atom is 0.177 e.